The van der Waals surface area contributed by atoms with Crippen molar-refractivity contribution in [1.29, 1.82) is 0 Å². The lowest BCUT2D eigenvalue weighted by molar-refractivity contribution is -0.121. The van der Waals surface area contributed by atoms with E-state index in [-0.39, 0.29) is 11.8 Å². The van der Waals surface area contributed by atoms with Gasteiger partial charge in [0.15, 0.2) is 0 Å². The van der Waals surface area contributed by atoms with Crippen molar-refractivity contribution < 1.29 is 9.59 Å². The van der Waals surface area contributed by atoms with Crippen LogP contribution < -0.4 is 10.6 Å². The Morgan fingerprint density at radius 1 is 0.792 bits per heavy atom. The number of nitrogens with one attached hydrogen (secondary N) is 2. The van der Waals surface area contributed by atoms with Gasteiger partial charge in [-0.15, -0.1) is 0 Å². The highest BCUT2D eigenvalue weighted by atomic mass is 16.2. The van der Waals surface area contributed by atoms with Crippen LogP contribution in [0.5, 0.6) is 0 Å². The molecule has 0 bridgehead atoms. The fourth-order valence-electron chi connectivity index (χ4n) is 2.29. The predicted octanol–water partition coefficient (Wildman–Crippen LogP) is 2.78. The number of carbonyl (C=O) groups is 2. The summed E-state index contributed by atoms with van der Waals surface area (Å²) in [6, 6.07) is 15.6. The molecule has 24 heavy (non-hydrogen) atoms. The van der Waals surface area contributed by atoms with Crippen LogP contribution in [0.4, 0.5) is 0 Å². The number of hydrogen-bond donors (Lipinski definition) is 2. The standard InChI is InChI=1S/C20H24N2O2/c1-15-3-7-17(8-4-15)9-12-19(23)21-13-14-22-20(24)18-10-5-16(2)6-11-18/h3-8,10-11H,9,12-14H2,1-2H3,(H,21,23)(H,22,24). The minimum atomic E-state index is -0.121. The molecule has 0 heterocycles. The second kappa shape index (κ2) is 8.87. The van der Waals surface area contributed by atoms with E-state index in [0.29, 0.717) is 25.1 Å². The third kappa shape index (κ3) is 5.88. The molecule has 126 valence electrons. The Balaban J connectivity index is 1.63. The molecule has 0 saturated carbocycles. The number of benzene rings is 2. The molecule has 2 amide bonds. The predicted molar refractivity (Wildman–Crippen MR) is 96.0 cm³/mol. The molecule has 2 rings (SSSR count). The van der Waals surface area contributed by atoms with Crippen LogP contribution >= 0.6 is 0 Å². The third-order valence-corrected chi connectivity index (χ3v) is 3.81. The van der Waals surface area contributed by atoms with Crippen LogP contribution in [0.3, 0.4) is 0 Å². The molecule has 0 unspecified atom stereocenters. The first-order valence-electron chi connectivity index (χ1n) is 8.22. The summed E-state index contributed by atoms with van der Waals surface area (Å²) in [5, 5.41) is 5.63. The van der Waals surface area contributed by atoms with E-state index in [9.17, 15) is 9.59 Å². The second-order valence-corrected chi connectivity index (χ2v) is 5.96. The van der Waals surface area contributed by atoms with Crippen molar-refractivity contribution in [2.24, 2.45) is 0 Å². The van der Waals surface area contributed by atoms with Crippen molar-refractivity contribution in [2.45, 2.75) is 26.7 Å². The maximum atomic E-state index is 11.9. The number of aryl methyl sites for hydroxylation is 3. The van der Waals surface area contributed by atoms with Gasteiger partial charge in [-0.3, -0.25) is 9.59 Å². The highest BCUT2D eigenvalue weighted by Crippen LogP contribution is 2.05. The second-order valence-electron chi connectivity index (χ2n) is 5.96. The van der Waals surface area contributed by atoms with Crippen LogP contribution in [0.15, 0.2) is 48.5 Å². The van der Waals surface area contributed by atoms with Crippen LogP contribution in [-0.4, -0.2) is 24.9 Å². The Kier molecular flexibility index (Phi) is 6.55. The first-order chi connectivity index (χ1) is 11.5. The Bertz CT molecular complexity index is 676. The van der Waals surface area contributed by atoms with E-state index in [1.807, 2.05) is 50.2 Å². The highest BCUT2D eigenvalue weighted by Gasteiger charge is 2.05. The summed E-state index contributed by atoms with van der Waals surface area (Å²) < 4.78 is 0. The summed E-state index contributed by atoms with van der Waals surface area (Å²) in [4.78, 5) is 23.7. The lowest BCUT2D eigenvalue weighted by Gasteiger charge is -2.08. The van der Waals surface area contributed by atoms with Gasteiger partial charge in [-0.2, -0.15) is 0 Å². The first kappa shape index (κ1) is 17.7. The first-order valence-corrected chi connectivity index (χ1v) is 8.22. The number of hydrogen-bond acceptors (Lipinski definition) is 2. The number of amides is 2. The fourth-order valence-corrected chi connectivity index (χ4v) is 2.29. The molecule has 0 saturated heterocycles. The van der Waals surface area contributed by atoms with E-state index in [1.165, 1.54) is 5.56 Å². The molecule has 2 N–H and O–H groups in total. The molecule has 0 aliphatic carbocycles. The van der Waals surface area contributed by atoms with Crippen LogP contribution in [0.2, 0.25) is 0 Å². The van der Waals surface area contributed by atoms with Crippen molar-refractivity contribution >= 4 is 11.8 Å². The molecule has 2 aromatic carbocycles. The molecule has 0 radical (unpaired) electrons. The summed E-state index contributed by atoms with van der Waals surface area (Å²) in [7, 11) is 0. The molecule has 4 nitrogen and oxygen atoms in total. The van der Waals surface area contributed by atoms with Gasteiger partial charge in [-0.05, 0) is 38.0 Å². The SMILES string of the molecule is Cc1ccc(CCC(=O)NCCNC(=O)c2ccc(C)cc2)cc1. The summed E-state index contributed by atoms with van der Waals surface area (Å²) >= 11 is 0. The summed E-state index contributed by atoms with van der Waals surface area (Å²) in [5.74, 6) is -0.121. The minimum Gasteiger partial charge on any atom is -0.354 e. The Labute approximate surface area is 143 Å². The Hall–Kier alpha value is -2.62. The number of rotatable bonds is 7. The van der Waals surface area contributed by atoms with Crippen molar-refractivity contribution in [3.63, 3.8) is 0 Å². The van der Waals surface area contributed by atoms with Gasteiger partial charge in [-0.25, -0.2) is 0 Å². The average molecular weight is 324 g/mol. The minimum absolute atomic E-state index is 0.000148. The largest absolute Gasteiger partial charge is 0.354 e. The van der Waals surface area contributed by atoms with Gasteiger partial charge in [0.1, 0.15) is 0 Å². The van der Waals surface area contributed by atoms with E-state index in [2.05, 4.69) is 10.6 Å². The van der Waals surface area contributed by atoms with Crippen LogP contribution in [-0.2, 0) is 11.2 Å². The Morgan fingerprint density at radius 3 is 1.96 bits per heavy atom. The maximum absolute atomic E-state index is 11.9. The molecular formula is C20H24N2O2. The van der Waals surface area contributed by atoms with Gasteiger partial charge < -0.3 is 10.6 Å². The van der Waals surface area contributed by atoms with E-state index in [1.54, 1.807) is 12.1 Å². The van der Waals surface area contributed by atoms with Crippen LogP contribution in [0.25, 0.3) is 0 Å². The molecule has 0 aliphatic heterocycles. The van der Waals surface area contributed by atoms with Gasteiger partial charge in [-0.1, -0.05) is 47.5 Å². The lowest BCUT2D eigenvalue weighted by atomic mass is 10.1. The fraction of sp³-hybridized carbons (Fsp3) is 0.300. The summed E-state index contributed by atoms with van der Waals surface area (Å²) in [6.45, 7) is 4.88. The smallest absolute Gasteiger partial charge is 0.251 e. The van der Waals surface area contributed by atoms with Crippen molar-refractivity contribution in [1.82, 2.24) is 10.6 Å². The zero-order valence-corrected chi connectivity index (χ0v) is 14.3. The van der Waals surface area contributed by atoms with E-state index >= 15 is 0 Å². The quantitative estimate of drug-likeness (QED) is 0.770. The highest BCUT2D eigenvalue weighted by molar-refractivity contribution is 5.94. The molecule has 0 fully saturated rings. The molecular weight excluding hydrogens is 300 g/mol. The van der Waals surface area contributed by atoms with E-state index in [0.717, 1.165) is 17.5 Å². The van der Waals surface area contributed by atoms with E-state index < -0.39 is 0 Å². The molecule has 4 heteroatoms. The molecule has 0 atom stereocenters. The maximum Gasteiger partial charge on any atom is 0.251 e. The van der Waals surface area contributed by atoms with Crippen LogP contribution in [0, 0.1) is 13.8 Å². The van der Waals surface area contributed by atoms with Gasteiger partial charge in [0.05, 0.1) is 0 Å². The normalized spacial score (nSPS) is 10.2. The average Bonchev–Trinajstić information content (AvgIpc) is 2.58. The van der Waals surface area contributed by atoms with E-state index in [4.69, 9.17) is 0 Å². The molecule has 0 aliphatic rings. The Morgan fingerprint density at radius 2 is 1.33 bits per heavy atom. The third-order valence-electron chi connectivity index (χ3n) is 3.81. The molecule has 2 aromatic rings. The summed E-state index contributed by atoms with van der Waals surface area (Å²) in [5.41, 5.74) is 4.12. The molecule has 0 spiro atoms. The van der Waals surface area contributed by atoms with Crippen molar-refractivity contribution in [3.8, 4) is 0 Å². The number of carbonyl (C=O) groups excluding carboxylic acids is 2. The topological polar surface area (TPSA) is 58.2 Å². The van der Waals surface area contributed by atoms with Gasteiger partial charge in [0.25, 0.3) is 5.91 Å². The van der Waals surface area contributed by atoms with Gasteiger partial charge in [0.2, 0.25) is 5.91 Å². The van der Waals surface area contributed by atoms with Gasteiger partial charge in [0, 0.05) is 25.1 Å². The zero-order chi connectivity index (χ0) is 17.4. The molecule has 0 aromatic heterocycles. The van der Waals surface area contributed by atoms with Crippen LogP contribution in [0.1, 0.15) is 33.5 Å². The summed E-state index contributed by atoms with van der Waals surface area (Å²) in [6.07, 6.45) is 1.18. The zero-order valence-electron chi connectivity index (χ0n) is 14.3. The van der Waals surface area contributed by atoms with Crippen molar-refractivity contribution in [2.75, 3.05) is 13.1 Å². The lowest BCUT2D eigenvalue weighted by Crippen LogP contribution is -2.34. The van der Waals surface area contributed by atoms with Gasteiger partial charge >= 0.3 is 0 Å². The monoisotopic (exact) mass is 324 g/mol. The van der Waals surface area contributed by atoms with Crippen molar-refractivity contribution in [3.05, 3.63) is 70.8 Å².